The largest absolute Gasteiger partial charge is 0.576 e. The molecule has 0 atom stereocenters. The van der Waals surface area contributed by atoms with Crippen LogP contribution in [0.15, 0.2) is 73.8 Å². The van der Waals surface area contributed by atoms with Crippen LogP contribution in [0.25, 0.3) is 0 Å². The highest BCUT2D eigenvalue weighted by Crippen LogP contribution is 2.19. The van der Waals surface area contributed by atoms with Crippen molar-refractivity contribution in [2.45, 2.75) is 0 Å². The van der Waals surface area contributed by atoms with E-state index in [2.05, 4.69) is 13.2 Å². The molecule has 0 heterocycles. The fraction of sp³-hybridized carbons (Fsp3) is 0.111. The van der Waals surface area contributed by atoms with E-state index in [0.717, 1.165) is 11.5 Å². The second kappa shape index (κ2) is 9.25. The summed E-state index contributed by atoms with van der Waals surface area (Å²) in [7, 11) is 0.125. The minimum Gasteiger partial charge on any atom is -0.529 e. The zero-order valence-electron chi connectivity index (χ0n) is 12.9. The molecule has 118 valence electrons. The zero-order chi connectivity index (χ0) is 16.3. The van der Waals surface area contributed by atoms with Crippen molar-refractivity contribution in [1.82, 2.24) is 0 Å². The Balaban J connectivity index is 1.75. The van der Waals surface area contributed by atoms with Gasteiger partial charge < -0.3 is 18.8 Å². The number of rotatable bonds is 10. The van der Waals surface area contributed by atoms with Crippen molar-refractivity contribution in [1.29, 1.82) is 0 Å². The molecule has 2 rings (SSSR count). The maximum atomic E-state index is 5.52. The van der Waals surface area contributed by atoms with Gasteiger partial charge in [-0.2, -0.15) is 0 Å². The van der Waals surface area contributed by atoms with Crippen LogP contribution in [-0.4, -0.2) is 20.9 Å². The second-order valence-corrected chi connectivity index (χ2v) is 4.55. The maximum Gasteiger partial charge on any atom is 0.576 e. The first kappa shape index (κ1) is 16.6. The van der Waals surface area contributed by atoms with E-state index in [1.54, 1.807) is 12.2 Å². The van der Waals surface area contributed by atoms with Gasteiger partial charge >= 0.3 is 7.69 Å². The van der Waals surface area contributed by atoms with Gasteiger partial charge in [0.25, 0.3) is 0 Å². The van der Waals surface area contributed by atoms with Gasteiger partial charge in [0.1, 0.15) is 36.2 Å². The number of hydrogen-bond acceptors (Lipinski definition) is 4. The van der Waals surface area contributed by atoms with Gasteiger partial charge in [-0.05, 0) is 48.5 Å². The van der Waals surface area contributed by atoms with Gasteiger partial charge in [0, 0.05) is 0 Å². The van der Waals surface area contributed by atoms with Gasteiger partial charge in [-0.15, -0.1) is 0 Å². The summed E-state index contributed by atoms with van der Waals surface area (Å²) in [6.07, 6.45) is 3.40. The third kappa shape index (κ3) is 5.83. The smallest absolute Gasteiger partial charge is 0.529 e. The lowest BCUT2D eigenvalue weighted by Crippen LogP contribution is -2.10. The Morgan fingerprint density at radius 3 is 1.35 bits per heavy atom. The third-order valence-corrected chi connectivity index (χ3v) is 2.83. The van der Waals surface area contributed by atoms with Crippen molar-refractivity contribution in [3.8, 4) is 23.0 Å². The topological polar surface area (TPSA) is 36.9 Å². The molecule has 0 saturated heterocycles. The average molecular weight is 310 g/mol. The quantitative estimate of drug-likeness (QED) is 0.497. The molecule has 0 amide bonds. The molecule has 0 aromatic heterocycles. The molecule has 4 nitrogen and oxygen atoms in total. The number of ether oxygens (including phenoxy) is 2. The monoisotopic (exact) mass is 310 g/mol. The van der Waals surface area contributed by atoms with Crippen LogP contribution in [0.1, 0.15) is 0 Å². The molecule has 23 heavy (non-hydrogen) atoms. The molecular weight excluding hydrogens is 291 g/mol. The first-order chi connectivity index (χ1) is 11.3. The average Bonchev–Trinajstić information content (AvgIpc) is 2.60. The van der Waals surface area contributed by atoms with Gasteiger partial charge in [-0.3, -0.25) is 0 Å². The van der Waals surface area contributed by atoms with Crippen LogP contribution in [0.4, 0.5) is 0 Å². The summed E-state index contributed by atoms with van der Waals surface area (Å²) < 4.78 is 21.8. The molecule has 0 radical (unpaired) electrons. The van der Waals surface area contributed by atoms with Crippen LogP contribution in [0.2, 0.25) is 0 Å². The Morgan fingerprint density at radius 1 is 0.652 bits per heavy atom. The molecule has 0 unspecified atom stereocenters. The molecule has 0 aliphatic heterocycles. The van der Waals surface area contributed by atoms with Crippen LogP contribution in [0, 0.1) is 0 Å². The SMILES string of the molecule is C=CCOc1ccc(OBOc2ccc(OCC=C)cc2)cc1. The van der Waals surface area contributed by atoms with E-state index >= 15 is 0 Å². The van der Waals surface area contributed by atoms with Gasteiger partial charge in [-0.25, -0.2) is 0 Å². The summed E-state index contributed by atoms with van der Waals surface area (Å²) >= 11 is 0. The molecule has 0 N–H and O–H groups in total. The molecule has 0 aliphatic carbocycles. The highest BCUT2D eigenvalue weighted by atomic mass is 16.6. The van der Waals surface area contributed by atoms with Crippen LogP contribution >= 0.6 is 0 Å². The van der Waals surface area contributed by atoms with E-state index in [0.29, 0.717) is 24.7 Å². The standard InChI is InChI=1S/C18H19BO4/c1-3-13-20-15-5-9-17(10-6-15)22-19-23-18-11-7-16(8-12-18)21-14-4-2/h3-12,19H,1-2,13-14H2. The first-order valence-corrected chi connectivity index (χ1v) is 7.25. The second-order valence-electron chi connectivity index (χ2n) is 4.55. The van der Waals surface area contributed by atoms with Crippen molar-refractivity contribution in [2.24, 2.45) is 0 Å². The minimum atomic E-state index is 0.125. The summed E-state index contributed by atoms with van der Waals surface area (Å²) in [5.41, 5.74) is 0. The maximum absolute atomic E-state index is 5.52. The predicted molar refractivity (Wildman–Crippen MR) is 92.7 cm³/mol. The molecule has 0 bridgehead atoms. The lowest BCUT2D eigenvalue weighted by atomic mass is 10.3. The van der Waals surface area contributed by atoms with Crippen molar-refractivity contribution in [2.75, 3.05) is 13.2 Å². The van der Waals surface area contributed by atoms with Crippen LogP contribution in [-0.2, 0) is 0 Å². The molecule has 2 aromatic rings. The Morgan fingerprint density at radius 2 is 1.00 bits per heavy atom. The summed E-state index contributed by atoms with van der Waals surface area (Å²) in [4.78, 5) is 0. The predicted octanol–water partition coefficient (Wildman–Crippen LogP) is 3.54. The highest BCUT2D eigenvalue weighted by Gasteiger charge is 2.01. The Labute approximate surface area is 137 Å². The lowest BCUT2D eigenvalue weighted by Gasteiger charge is -2.09. The van der Waals surface area contributed by atoms with Crippen LogP contribution < -0.4 is 18.8 Å². The summed E-state index contributed by atoms with van der Waals surface area (Å²) in [6, 6.07) is 14.7. The van der Waals surface area contributed by atoms with Crippen molar-refractivity contribution in [3.05, 3.63) is 73.8 Å². The zero-order valence-corrected chi connectivity index (χ0v) is 12.9. The molecule has 0 saturated carbocycles. The first-order valence-electron chi connectivity index (χ1n) is 7.25. The summed E-state index contributed by atoms with van der Waals surface area (Å²) in [6.45, 7) is 8.17. The number of hydrogen-bond donors (Lipinski definition) is 0. The minimum absolute atomic E-state index is 0.125. The van der Waals surface area contributed by atoms with E-state index in [1.165, 1.54) is 0 Å². The van der Waals surface area contributed by atoms with Crippen molar-refractivity contribution < 1.29 is 18.8 Å². The van der Waals surface area contributed by atoms with Gasteiger partial charge in [0.15, 0.2) is 0 Å². The molecule has 0 fully saturated rings. The van der Waals surface area contributed by atoms with Crippen LogP contribution in [0.3, 0.4) is 0 Å². The molecule has 5 heteroatoms. The Bertz CT molecular complexity index is 552. The third-order valence-electron chi connectivity index (χ3n) is 2.83. The summed E-state index contributed by atoms with van der Waals surface area (Å²) in [5.74, 6) is 2.96. The van der Waals surface area contributed by atoms with E-state index in [4.69, 9.17) is 18.8 Å². The lowest BCUT2D eigenvalue weighted by molar-refractivity contribution is 0.362. The Hall–Kier alpha value is -2.82. The van der Waals surface area contributed by atoms with Crippen LogP contribution in [0.5, 0.6) is 23.0 Å². The normalized spacial score (nSPS) is 9.57. The summed E-state index contributed by atoms with van der Waals surface area (Å²) in [5, 5.41) is 0. The highest BCUT2D eigenvalue weighted by molar-refractivity contribution is 6.20. The Kier molecular flexibility index (Phi) is 6.66. The van der Waals surface area contributed by atoms with E-state index in [9.17, 15) is 0 Å². The van der Waals surface area contributed by atoms with Crippen molar-refractivity contribution >= 4 is 7.69 Å². The van der Waals surface area contributed by atoms with Gasteiger partial charge in [0.2, 0.25) is 0 Å². The molecule has 0 spiro atoms. The van der Waals surface area contributed by atoms with Crippen molar-refractivity contribution in [3.63, 3.8) is 0 Å². The van der Waals surface area contributed by atoms with Gasteiger partial charge in [0.05, 0.1) is 0 Å². The fourth-order valence-corrected chi connectivity index (χ4v) is 1.74. The molecule has 2 aromatic carbocycles. The number of benzene rings is 2. The van der Waals surface area contributed by atoms with E-state index in [1.807, 2.05) is 48.5 Å². The molecular formula is C18H19BO4. The van der Waals surface area contributed by atoms with Gasteiger partial charge in [-0.1, -0.05) is 25.3 Å². The fourth-order valence-electron chi connectivity index (χ4n) is 1.74. The van der Waals surface area contributed by atoms with E-state index in [-0.39, 0.29) is 7.69 Å². The van der Waals surface area contributed by atoms with E-state index < -0.39 is 0 Å². The molecule has 0 aliphatic rings.